The number of amides is 2. The molecule has 4 aromatic carbocycles. The van der Waals surface area contributed by atoms with Crippen molar-refractivity contribution in [3.8, 4) is 5.75 Å². The van der Waals surface area contributed by atoms with Crippen LogP contribution in [0.4, 0.5) is 14.5 Å². The molecule has 4 rings (SSSR count). The number of nitrogens with zero attached hydrogens (tertiary/aromatic N) is 1. The van der Waals surface area contributed by atoms with Gasteiger partial charge in [0.2, 0.25) is 5.91 Å². The maximum Gasteiger partial charge on any atom is 0.251 e. The van der Waals surface area contributed by atoms with Gasteiger partial charge in [-0.15, -0.1) is 0 Å². The summed E-state index contributed by atoms with van der Waals surface area (Å²) < 4.78 is 32.5. The van der Waals surface area contributed by atoms with E-state index in [1.165, 1.54) is 41.3 Å². The number of rotatable bonds is 9. The Hall–Kier alpha value is -4.52. The van der Waals surface area contributed by atoms with Crippen LogP contribution in [0.1, 0.15) is 22.7 Å². The first-order valence-electron chi connectivity index (χ1n) is 11.7. The Kier molecular flexibility index (Phi) is 8.26. The van der Waals surface area contributed by atoms with Crippen LogP contribution in [0, 0.1) is 11.6 Å². The zero-order valence-corrected chi connectivity index (χ0v) is 20.2. The first-order chi connectivity index (χ1) is 17.9. The Balaban J connectivity index is 1.72. The van der Waals surface area contributed by atoms with E-state index in [4.69, 9.17) is 4.74 Å². The molecule has 7 heteroatoms. The molecule has 0 aromatic heterocycles. The minimum atomic E-state index is -1.08. The van der Waals surface area contributed by atoms with Crippen molar-refractivity contribution in [3.63, 3.8) is 0 Å². The molecule has 0 fully saturated rings. The van der Waals surface area contributed by atoms with Crippen LogP contribution >= 0.6 is 0 Å². The van der Waals surface area contributed by atoms with E-state index in [0.29, 0.717) is 22.6 Å². The van der Waals surface area contributed by atoms with Crippen molar-refractivity contribution >= 4 is 17.5 Å². The van der Waals surface area contributed by atoms with Crippen LogP contribution in [-0.2, 0) is 22.6 Å². The van der Waals surface area contributed by atoms with E-state index < -0.39 is 23.6 Å². The number of anilines is 1. The van der Waals surface area contributed by atoms with Gasteiger partial charge in [0.1, 0.15) is 23.4 Å². The van der Waals surface area contributed by atoms with Gasteiger partial charge in [-0.1, -0.05) is 54.6 Å². The van der Waals surface area contributed by atoms with Gasteiger partial charge in [-0.3, -0.25) is 9.59 Å². The van der Waals surface area contributed by atoms with Gasteiger partial charge in [-0.2, -0.15) is 0 Å². The van der Waals surface area contributed by atoms with Crippen molar-refractivity contribution in [2.75, 3.05) is 12.4 Å². The molecule has 5 nitrogen and oxygen atoms in total. The Morgan fingerprint density at radius 3 is 1.97 bits per heavy atom. The molecule has 2 amide bonds. The van der Waals surface area contributed by atoms with Gasteiger partial charge in [0.05, 0.1) is 13.5 Å². The molecule has 1 N–H and O–H groups in total. The highest BCUT2D eigenvalue weighted by Crippen LogP contribution is 2.27. The second kappa shape index (κ2) is 11.9. The molecule has 0 aliphatic rings. The van der Waals surface area contributed by atoms with Crippen molar-refractivity contribution in [3.05, 3.63) is 131 Å². The molecule has 0 spiro atoms. The lowest BCUT2D eigenvalue weighted by atomic mass is 10.0. The maximum absolute atomic E-state index is 13.8. The fraction of sp³-hybridized carbons (Fsp3) is 0.133. The van der Waals surface area contributed by atoms with Gasteiger partial charge in [0.25, 0.3) is 5.91 Å². The molecule has 37 heavy (non-hydrogen) atoms. The van der Waals surface area contributed by atoms with Crippen molar-refractivity contribution in [2.45, 2.75) is 19.0 Å². The van der Waals surface area contributed by atoms with Crippen molar-refractivity contribution in [1.29, 1.82) is 0 Å². The quantitative estimate of drug-likeness (QED) is 0.310. The Morgan fingerprint density at radius 2 is 1.38 bits per heavy atom. The van der Waals surface area contributed by atoms with Gasteiger partial charge in [-0.25, -0.2) is 8.78 Å². The molecule has 0 saturated heterocycles. The highest BCUT2D eigenvalue weighted by Gasteiger charge is 2.32. The van der Waals surface area contributed by atoms with E-state index in [1.807, 2.05) is 30.3 Å². The van der Waals surface area contributed by atoms with Crippen LogP contribution in [-0.4, -0.2) is 23.8 Å². The molecule has 0 aliphatic carbocycles. The summed E-state index contributed by atoms with van der Waals surface area (Å²) in [5, 5.41) is 2.86. The number of ether oxygens (including phenoxy) is 1. The van der Waals surface area contributed by atoms with Crippen LogP contribution in [0.15, 0.2) is 103 Å². The molecular weight excluding hydrogens is 474 g/mol. The monoisotopic (exact) mass is 500 g/mol. The number of hydrogen-bond donors (Lipinski definition) is 1. The summed E-state index contributed by atoms with van der Waals surface area (Å²) in [6, 6.07) is 26.1. The van der Waals surface area contributed by atoms with E-state index in [1.54, 1.807) is 43.5 Å². The third kappa shape index (κ3) is 6.79. The predicted octanol–water partition coefficient (Wildman–Crippen LogP) is 5.92. The molecular formula is C30H26F2N2O3. The summed E-state index contributed by atoms with van der Waals surface area (Å²) in [7, 11) is 1.55. The highest BCUT2D eigenvalue weighted by atomic mass is 19.1. The fourth-order valence-electron chi connectivity index (χ4n) is 3.98. The SMILES string of the molecule is COc1ccc(NC(=O)C(c2ccc(F)cc2)N(Cc2ccc(F)cc2)C(=O)Cc2ccccc2)cc1. The van der Waals surface area contributed by atoms with Gasteiger partial charge < -0.3 is 15.0 Å². The Bertz CT molecular complexity index is 1330. The summed E-state index contributed by atoms with van der Waals surface area (Å²) >= 11 is 0. The number of nitrogens with one attached hydrogen (secondary N) is 1. The smallest absolute Gasteiger partial charge is 0.251 e. The molecule has 1 atom stereocenters. The Labute approximate surface area is 214 Å². The van der Waals surface area contributed by atoms with Gasteiger partial charge in [-0.05, 0) is 65.2 Å². The molecule has 4 aromatic rings. The molecule has 0 aliphatic heterocycles. The molecule has 0 radical (unpaired) electrons. The summed E-state index contributed by atoms with van der Waals surface area (Å²) in [5.74, 6) is -1.02. The number of benzene rings is 4. The molecule has 188 valence electrons. The van der Waals surface area contributed by atoms with Crippen LogP contribution in [0.3, 0.4) is 0 Å². The lowest BCUT2D eigenvalue weighted by molar-refractivity contribution is -0.139. The lowest BCUT2D eigenvalue weighted by Crippen LogP contribution is -2.41. The highest BCUT2D eigenvalue weighted by molar-refractivity contribution is 5.98. The topological polar surface area (TPSA) is 58.6 Å². The first kappa shape index (κ1) is 25.6. The van der Waals surface area contributed by atoms with Crippen molar-refractivity contribution in [2.24, 2.45) is 0 Å². The minimum Gasteiger partial charge on any atom is -0.497 e. The average Bonchev–Trinajstić information content (AvgIpc) is 2.91. The van der Waals surface area contributed by atoms with Crippen LogP contribution in [0.25, 0.3) is 0 Å². The Morgan fingerprint density at radius 1 is 0.784 bits per heavy atom. The van der Waals surface area contributed by atoms with Gasteiger partial charge in [0.15, 0.2) is 0 Å². The van der Waals surface area contributed by atoms with Crippen LogP contribution in [0.2, 0.25) is 0 Å². The zero-order chi connectivity index (χ0) is 26.2. The lowest BCUT2D eigenvalue weighted by Gasteiger charge is -2.32. The first-order valence-corrected chi connectivity index (χ1v) is 11.7. The van der Waals surface area contributed by atoms with Gasteiger partial charge >= 0.3 is 0 Å². The predicted molar refractivity (Wildman–Crippen MR) is 138 cm³/mol. The third-order valence-corrected chi connectivity index (χ3v) is 5.89. The zero-order valence-electron chi connectivity index (χ0n) is 20.2. The number of carbonyl (C=O) groups is 2. The maximum atomic E-state index is 13.8. The van der Waals surface area contributed by atoms with E-state index in [9.17, 15) is 18.4 Å². The molecule has 0 bridgehead atoms. The van der Waals surface area contributed by atoms with Crippen LogP contribution < -0.4 is 10.1 Å². The third-order valence-electron chi connectivity index (χ3n) is 5.89. The summed E-state index contributed by atoms with van der Waals surface area (Å²) in [5.41, 5.74) is 2.38. The molecule has 1 unspecified atom stereocenters. The van der Waals surface area contributed by atoms with Crippen molar-refractivity contribution in [1.82, 2.24) is 4.90 Å². The van der Waals surface area contributed by atoms with E-state index in [0.717, 1.165) is 5.56 Å². The number of hydrogen-bond acceptors (Lipinski definition) is 3. The minimum absolute atomic E-state index is 0.0457. The summed E-state index contributed by atoms with van der Waals surface area (Å²) in [6.07, 6.45) is 0.0511. The van der Waals surface area contributed by atoms with Gasteiger partial charge in [0, 0.05) is 12.2 Å². The van der Waals surface area contributed by atoms with E-state index in [2.05, 4.69) is 5.32 Å². The average molecular weight is 501 g/mol. The van der Waals surface area contributed by atoms with E-state index in [-0.39, 0.29) is 18.9 Å². The molecule has 0 heterocycles. The normalized spacial score (nSPS) is 11.4. The summed E-state index contributed by atoms with van der Waals surface area (Å²) in [6.45, 7) is 0.0457. The van der Waals surface area contributed by atoms with Crippen LogP contribution in [0.5, 0.6) is 5.75 Å². The summed E-state index contributed by atoms with van der Waals surface area (Å²) in [4.78, 5) is 28.8. The molecule has 0 saturated carbocycles. The second-order valence-corrected chi connectivity index (χ2v) is 8.48. The fourth-order valence-corrected chi connectivity index (χ4v) is 3.98. The number of carbonyl (C=O) groups excluding carboxylic acids is 2. The largest absolute Gasteiger partial charge is 0.497 e. The second-order valence-electron chi connectivity index (χ2n) is 8.48. The standard InChI is InChI=1S/C30H26F2N2O3/c1-37-27-17-15-26(16-18-27)33-30(36)29(23-9-13-25(32)14-10-23)34(20-22-7-11-24(31)12-8-22)28(35)19-21-5-3-2-4-6-21/h2-18,29H,19-20H2,1H3,(H,33,36). The number of halogens is 2. The van der Waals surface area contributed by atoms with E-state index >= 15 is 0 Å². The van der Waals surface area contributed by atoms with Crippen molar-refractivity contribution < 1.29 is 23.1 Å². The number of methoxy groups -OCH3 is 1.